The van der Waals surface area contributed by atoms with Gasteiger partial charge in [-0.05, 0) is 51.4 Å². The average molecular weight is 441 g/mol. The summed E-state index contributed by atoms with van der Waals surface area (Å²) in [5.41, 5.74) is 0. The molecule has 0 radical (unpaired) electrons. The van der Waals surface area contributed by atoms with Gasteiger partial charge in [0.2, 0.25) is 5.92 Å². The number of aliphatic hydroxyl groups is 1. The SMILES string of the molecule is CC(C)(C)[Si](C)(C)OC(CC(O)c1sccc1Br)C1CC(F)(F)C1. The average Bonchev–Trinajstić information content (AvgIpc) is 2.79. The van der Waals surface area contributed by atoms with Gasteiger partial charge in [-0.15, -0.1) is 11.3 Å². The van der Waals surface area contributed by atoms with E-state index in [9.17, 15) is 13.9 Å². The third kappa shape index (κ3) is 4.66. The fourth-order valence-electron chi connectivity index (χ4n) is 2.73. The summed E-state index contributed by atoms with van der Waals surface area (Å²) in [5.74, 6) is -2.75. The van der Waals surface area contributed by atoms with E-state index >= 15 is 0 Å². The van der Waals surface area contributed by atoms with Gasteiger partial charge in [-0.1, -0.05) is 20.8 Å². The van der Waals surface area contributed by atoms with Gasteiger partial charge in [-0.3, -0.25) is 0 Å². The van der Waals surface area contributed by atoms with E-state index in [2.05, 4.69) is 49.8 Å². The Morgan fingerprint density at radius 2 is 2.00 bits per heavy atom. The third-order valence-electron chi connectivity index (χ3n) is 5.30. The van der Waals surface area contributed by atoms with Gasteiger partial charge < -0.3 is 9.53 Å². The Bertz CT molecular complexity index is 563. The minimum Gasteiger partial charge on any atom is -0.414 e. The van der Waals surface area contributed by atoms with Crippen LogP contribution in [-0.2, 0) is 4.43 Å². The molecule has 0 saturated heterocycles. The standard InChI is InChI=1S/C17H27BrF2O2SSi/c1-16(2,3)24(4,5)22-14(11-9-17(19,20)10-11)8-13(21)15-12(18)6-7-23-15/h6-7,11,13-14,21H,8-10H2,1-5H3. The quantitative estimate of drug-likeness (QED) is 0.520. The van der Waals surface area contributed by atoms with Crippen LogP contribution >= 0.6 is 27.3 Å². The van der Waals surface area contributed by atoms with Crippen molar-refractivity contribution in [3.05, 3.63) is 20.8 Å². The Balaban J connectivity index is 2.13. The minimum atomic E-state index is -2.58. The lowest BCUT2D eigenvalue weighted by Gasteiger charge is -2.46. The molecule has 24 heavy (non-hydrogen) atoms. The molecule has 2 rings (SSSR count). The van der Waals surface area contributed by atoms with E-state index in [1.54, 1.807) is 0 Å². The normalized spacial score (nSPS) is 21.4. The van der Waals surface area contributed by atoms with Crippen LogP contribution in [0.1, 0.15) is 51.0 Å². The van der Waals surface area contributed by atoms with E-state index in [4.69, 9.17) is 4.43 Å². The first-order valence-electron chi connectivity index (χ1n) is 8.29. The summed E-state index contributed by atoms with van der Waals surface area (Å²) in [6.45, 7) is 10.7. The summed E-state index contributed by atoms with van der Waals surface area (Å²) in [6.07, 6.45) is -0.917. The number of alkyl halides is 2. The molecule has 1 N–H and O–H groups in total. The Hall–Kier alpha value is 0.177. The molecule has 1 aromatic heterocycles. The molecule has 1 aliphatic rings. The first-order valence-corrected chi connectivity index (χ1v) is 12.9. The lowest BCUT2D eigenvalue weighted by atomic mass is 9.76. The van der Waals surface area contributed by atoms with Crippen molar-refractivity contribution in [1.82, 2.24) is 0 Å². The second kappa shape index (κ2) is 7.06. The number of aliphatic hydroxyl groups excluding tert-OH is 1. The fraction of sp³-hybridized carbons (Fsp3) is 0.765. The van der Waals surface area contributed by atoms with E-state index in [1.807, 2.05) is 11.4 Å². The van der Waals surface area contributed by atoms with Gasteiger partial charge in [-0.2, -0.15) is 0 Å². The first kappa shape index (κ1) is 20.5. The van der Waals surface area contributed by atoms with Gasteiger partial charge in [0.25, 0.3) is 0 Å². The molecule has 1 aliphatic carbocycles. The van der Waals surface area contributed by atoms with Crippen molar-refractivity contribution in [2.24, 2.45) is 5.92 Å². The van der Waals surface area contributed by atoms with Crippen LogP contribution in [-0.4, -0.2) is 25.5 Å². The van der Waals surface area contributed by atoms with Crippen LogP contribution in [0.5, 0.6) is 0 Å². The molecule has 0 bridgehead atoms. The summed E-state index contributed by atoms with van der Waals surface area (Å²) in [7, 11) is -2.09. The number of halogens is 3. The summed E-state index contributed by atoms with van der Waals surface area (Å²) in [4.78, 5) is 0.838. The fourth-order valence-corrected chi connectivity index (χ4v) is 5.77. The topological polar surface area (TPSA) is 29.5 Å². The van der Waals surface area contributed by atoms with E-state index < -0.39 is 20.3 Å². The highest BCUT2D eigenvalue weighted by molar-refractivity contribution is 9.10. The maximum atomic E-state index is 13.4. The molecular formula is C17H27BrF2O2SSi. The second-order valence-corrected chi connectivity index (χ2v) is 14.9. The Labute approximate surface area is 156 Å². The van der Waals surface area contributed by atoms with Gasteiger partial charge in [0.05, 0.1) is 12.2 Å². The molecular weight excluding hydrogens is 414 g/mol. The molecule has 7 heteroatoms. The molecule has 1 aromatic rings. The van der Waals surface area contributed by atoms with Crippen molar-refractivity contribution in [2.45, 2.75) is 76.3 Å². The van der Waals surface area contributed by atoms with Crippen LogP contribution in [0.25, 0.3) is 0 Å². The van der Waals surface area contributed by atoms with Crippen LogP contribution in [0.4, 0.5) is 8.78 Å². The highest BCUT2D eigenvalue weighted by Gasteiger charge is 2.51. The van der Waals surface area contributed by atoms with Crippen LogP contribution in [0.3, 0.4) is 0 Å². The van der Waals surface area contributed by atoms with Crippen molar-refractivity contribution in [2.75, 3.05) is 0 Å². The minimum absolute atomic E-state index is 0.00594. The van der Waals surface area contributed by atoms with E-state index in [0.717, 1.165) is 9.35 Å². The summed E-state index contributed by atoms with van der Waals surface area (Å²) < 4.78 is 34.1. The molecule has 2 atom stereocenters. The third-order valence-corrected chi connectivity index (χ3v) is 11.8. The molecule has 1 saturated carbocycles. The highest BCUT2D eigenvalue weighted by Crippen LogP contribution is 2.49. The van der Waals surface area contributed by atoms with Gasteiger partial charge >= 0.3 is 0 Å². The molecule has 0 aromatic carbocycles. The maximum Gasteiger partial charge on any atom is 0.248 e. The predicted molar refractivity (Wildman–Crippen MR) is 101 cm³/mol. The van der Waals surface area contributed by atoms with Gasteiger partial charge in [0.15, 0.2) is 8.32 Å². The van der Waals surface area contributed by atoms with Gasteiger partial charge in [-0.25, -0.2) is 8.78 Å². The zero-order valence-electron chi connectivity index (χ0n) is 14.9. The number of thiophene rings is 1. The predicted octanol–water partition coefficient (Wildman–Crippen LogP) is 6.37. The zero-order chi connectivity index (χ0) is 18.3. The van der Waals surface area contributed by atoms with Gasteiger partial charge in [0.1, 0.15) is 0 Å². The van der Waals surface area contributed by atoms with Crippen LogP contribution in [0.15, 0.2) is 15.9 Å². The van der Waals surface area contributed by atoms with Crippen LogP contribution in [0.2, 0.25) is 18.1 Å². The lowest BCUT2D eigenvalue weighted by Crippen LogP contribution is -2.50. The van der Waals surface area contributed by atoms with E-state index in [0.29, 0.717) is 6.42 Å². The summed E-state index contributed by atoms with van der Waals surface area (Å²) >= 11 is 4.91. The van der Waals surface area contributed by atoms with Crippen molar-refractivity contribution >= 4 is 35.6 Å². The molecule has 0 aliphatic heterocycles. The van der Waals surface area contributed by atoms with Gasteiger partial charge in [0, 0.05) is 28.6 Å². The number of hydrogen-bond donors (Lipinski definition) is 1. The zero-order valence-corrected chi connectivity index (χ0v) is 18.3. The van der Waals surface area contributed by atoms with E-state index in [-0.39, 0.29) is 29.9 Å². The molecule has 2 unspecified atom stereocenters. The molecule has 1 fully saturated rings. The largest absolute Gasteiger partial charge is 0.414 e. The molecule has 0 amide bonds. The number of rotatable bonds is 6. The van der Waals surface area contributed by atoms with Crippen LogP contribution in [0, 0.1) is 5.92 Å². The molecule has 2 nitrogen and oxygen atoms in total. The van der Waals surface area contributed by atoms with Crippen molar-refractivity contribution in [3.8, 4) is 0 Å². The Kier molecular flexibility index (Phi) is 6.03. The maximum absolute atomic E-state index is 13.4. The summed E-state index contributed by atoms with van der Waals surface area (Å²) in [6, 6.07) is 1.89. The van der Waals surface area contributed by atoms with Crippen molar-refractivity contribution < 1.29 is 18.3 Å². The van der Waals surface area contributed by atoms with E-state index in [1.165, 1.54) is 11.3 Å². The Morgan fingerprint density at radius 3 is 2.42 bits per heavy atom. The molecule has 1 heterocycles. The summed E-state index contributed by atoms with van der Waals surface area (Å²) in [5, 5.41) is 12.5. The highest BCUT2D eigenvalue weighted by atomic mass is 79.9. The lowest BCUT2D eigenvalue weighted by molar-refractivity contribution is -0.143. The monoisotopic (exact) mass is 440 g/mol. The van der Waals surface area contributed by atoms with Crippen LogP contribution < -0.4 is 0 Å². The smallest absolute Gasteiger partial charge is 0.248 e. The first-order chi connectivity index (χ1) is 10.8. The molecule has 0 spiro atoms. The van der Waals surface area contributed by atoms with Crippen molar-refractivity contribution in [1.29, 1.82) is 0 Å². The second-order valence-electron chi connectivity index (χ2n) is 8.33. The number of hydrogen-bond acceptors (Lipinski definition) is 3. The molecule has 138 valence electrons. The Morgan fingerprint density at radius 1 is 1.42 bits per heavy atom. The van der Waals surface area contributed by atoms with Crippen molar-refractivity contribution in [3.63, 3.8) is 0 Å².